The number of ether oxygens (including phenoxy) is 4. The van der Waals surface area contributed by atoms with E-state index in [-0.39, 0.29) is 26.9 Å². The molecule has 2 aromatic heterocycles. The van der Waals surface area contributed by atoms with E-state index >= 15 is 0 Å². The molecule has 0 N–H and O–H groups in total. The fourth-order valence-electron chi connectivity index (χ4n) is 3.86. The summed E-state index contributed by atoms with van der Waals surface area (Å²) >= 11 is 6.01. The van der Waals surface area contributed by atoms with E-state index in [2.05, 4.69) is 15.3 Å². The summed E-state index contributed by atoms with van der Waals surface area (Å²) < 4.78 is 78.0. The average molecular weight is 629 g/mol. The predicted octanol–water partition coefficient (Wildman–Crippen LogP) is 3.17. The van der Waals surface area contributed by atoms with Crippen molar-refractivity contribution in [3.05, 3.63) is 65.0 Å². The number of nitrogens with zero attached hydrogens (tertiary/aromatic N) is 4. The molecule has 3 aromatic rings. The third-order valence-electron chi connectivity index (χ3n) is 5.50. The van der Waals surface area contributed by atoms with Gasteiger partial charge in [0.2, 0.25) is 0 Å². The molecule has 12 nitrogen and oxygen atoms in total. The molecule has 3 heterocycles. The average Bonchev–Trinajstić information content (AvgIpc) is 3.40. The van der Waals surface area contributed by atoms with Crippen LogP contribution in [0.25, 0.3) is 17.0 Å². The van der Waals surface area contributed by atoms with E-state index in [0.717, 1.165) is 31.6 Å². The van der Waals surface area contributed by atoms with Crippen LogP contribution in [0, 0.1) is 17.5 Å². The Labute approximate surface area is 242 Å². The Balaban J connectivity index is 1.94. The molecule has 1 aliphatic rings. The lowest BCUT2D eigenvalue weighted by Gasteiger charge is -2.37. The fourth-order valence-corrected chi connectivity index (χ4v) is 5.36. The number of rotatable bonds is 8. The highest BCUT2D eigenvalue weighted by Gasteiger charge is 2.46. The summed E-state index contributed by atoms with van der Waals surface area (Å²) in [6.45, 7) is 2.68. The molecule has 0 amide bonds. The SMILES string of the molecule is CC(=O)OCC1O[C@H](S(=O)c2cncc(Cl)c2)C(OC(C)=O)=C(n2cc(-c3cc(F)c(F)c(F)c3)nn2)[C@H]1OC(C)=O. The first-order valence-corrected chi connectivity index (χ1v) is 13.4. The summed E-state index contributed by atoms with van der Waals surface area (Å²) in [6.07, 6.45) is 0.758. The van der Waals surface area contributed by atoms with Gasteiger partial charge in [-0.15, -0.1) is 5.10 Å². The van der Waals surface area contributed by atoms with Crippen LogP contribution in [0.1, 0.15) is 20.8 Å². The Hall–Kier alpha value is -4.15. The minimum Gasteiger partial charge on any atom is -0.463 e. The molecular weight excluding hydrogens is 609 g/mol. The number of benzene rings is 1. The van der Waals surface area contributed by atoms with Crippen molar-refractivity contribution < 1.29 is 50.7 Å². The van der Waals surface area contributed by atoms with Crippen molar-refractivity contribution in [3.8, 4) is 11.3 Å². The zero-order valence-corrected chi connectivity index (χ0v) is 23.5. The van der Waals surface area contributed by atoms with Crippen molar-refractivity contribution in [2.24, 2.45) is 0 Å². The number of halogens is 4. The first-order chi connectivity index (χ1) is 19.8. The maximum absolute atomic E-state index is 13.9. The smallest absolute Gasteiger partial charge is 0.307 e. The van der Waals surface area contributed by atoms with Gasteiger partial charge in [0.05, 0.1) is 26.9 Å². The number of aromatic nitrogens is 4. The van der Waals surface area contributed by atoms with E-state index < -0.39 is 76.2 Å². The Morgan fingerprint density at radius 3 is 2.33 bits per heavy atom. The molecule has 0 saturated carbocycles. The Kier molecular flexibility index (Phi) is 9.38. The van der Waals surface area contributed by atoms with Gasteiger partial charge in [0.1, 0.15) is 24.1 Å². The van der Waals surface area contributed by atoms with Gasteiger partial charge in [-0.05, 0) is 18.2 Å². The molecule has 222 valence electrons. The Bertz CT molecular complexity index is 1590. The molecule has 1 aliphatic heterocycles. The molecular formula is C25H20ClF3N4O8S. The summed E-state index contributed by atoms with van der Waals surface area (Å²) in [5.41, 5.74) is -2.27. The van der Waals surface area contributed by atoms with E-state index in [4.69, 9.17) is 30.5 Å². The molecule has 0 spiro atoms. The summed E-state index contributed by atoms with van der Waals surface area (Å²) in [5.74, 6) is -7.60. The van der Waals surface area contributed by atoms with Crippen LogP contribution in [-0.2, 0) is 44.1 Å². The topological polar surface area (TPSA) is 149 Å². The van der Waals surface area contributed by atoms with Crippen LogP contribution in [0.5, 0.6) is 0 Å². The second-order valence-corrected chi connectivity index (χ2v) is 10.6. The van der Waals surface area contributed by atoms with Gasteiger partial charge in [-0.25, -0.2) is 17.9 Å². The van der Waals surface area contributed by atoms with Crippen molar-refractivity contribution in [3.63, 3.8) is 0 Å². The second-order valence-electron chi connectivity index (χ2n) is 8.62. The molecule has 2 unspecified atom stereocenters. The van der Waals surface area contributed by atoms with Crippen LogP contribution in [0.15, 0.2) is 47.4 Å². The zero-order valence-electron chi connectivity index (χ0n) is 21.9. The van der Waals surface area contributed by atoms with Crippen molar-refractivity contribution >= 4 is 46.0 Å². The molecule has 4 atom stereocenters. The van der Waals surface area contributed by atoms with E-state index in [1.165, 1.54) is 18.5 Å². The van der Waals surface area contributed by atoms with Gasteiger partial charge in [0, 0.05) is 38.7 Å². The summed E-state index contributed by atoms with van der Waals surface area (Å²) in [5, 5.41) is 7.90. The number of esters is 3. The molecule has 0 bridgehead atoms. The highest BCUT2D eigenvalue weighted by molar-refractivity contribution is 7.85. The van der Waals surface area contributed by atoms with Gasteiger partial charge in [0.15, 0.2) is 34.8 Å². The summed E-state index contributed by atoms with van der Waals surface area (Å²) in [4.78, 5) is 39.9. The second kappa shape index (κ2) is 12.8. The minimum atomic E-state index is -2.21. The predicted molar refractivity (Wildman–Crippen MR) is 137 cm³/mol. The van der Waals surface area contributed by atoms with Crippen molar-refractivity contribution in [2.75, 3.05) is 6.61 Å². The number of hydrogen-bond acceptors (Lipinski definition) is 11. The van der Waals surface area contributed by atoms with E-state index in [0.29, 0.717) is 12.1 Å². The van der Waals surface area contributed by atoms with Crippen LogP contribution in [0.4, 0.5) is 13.2 Å². The molecule has 42 heavy (non-hydrogen) atoms. The van der Waals surface area contributed by atoms with Crippen LogP contribution in [0.3, 0.4) is 0 Å². The summed E-state index contributed by atoms with van der Waals surface area (Å²) in [6, 6.07) is 2.67. The lowest BCUT2D eigenvalue weighted by Crippen LogP contribution is -2.48. The van der Waals surface area contributed by atoms with Crippen LogP contribution < -0.4 is 0 Å². The first-order valence-electron chi connectivity index (χ1n) is 11.8. The molecule has 0 saturated heterocycles. The third kappa shape index (κ3) is 6.83. The normalized spacial score (nSPS) is 19.3. The minimum absolute atomic E-state index is 0.0465. The highest BCUT2D eigenvalue weighted by atomic mass is 35.5. The molecule has 17 heteroatoms. The van der Waals surface area contributed by atoms with E-state index in [1.807, 2.05) is 0 Å². The number of carbonyl (C=O) groups excluding carboxylic acids is 3. The lowest BCUT2D eigenvalue weighted by atomic mass is 10.1. The largest absolute Gasteiger partial charge is 0.463 e. The Morgan fingerprint density at radius 2 is 1.74 bits per heavy atom. The quantitative estimate of drug-likeness (QED) is 0.206. The molecule has 0 fully saturated rings. The fraction of sp³-hybridized carbons (Fsp3) is 0.280. The maximum atomic E-state index is 13.9. The standard InChI is InChI=1S/C25H20ClF3N4O8S/c1-11(34)38-10-20-23(39-12(2)35)22(33-9-19(31-32-33)14-4-17(27)21(29)18(28)5-14)24(40-13(3)36)25(41-20)42(37)16-6-15(26)7-30-8-16/h4-9,20,23,25H,10H2,1-3H3/t20?,23-,25+,42?/m0/s1. The van der Waals surface area contributed by atoms with Gasteiger partial charge >= 0.3 is 17.9 Å². The van der Waals surface area contributed by atoms with Crippen LogP contribution >= 0.6 is 11.6 Å². The van der Waals surface area contributed by atoms with Gasteiger partial charge in [-0.1, -0.05) is 16.8 Å². The van der Waals surface area contributed by atoms with Crippen molar-refractivity contribution in [2.45, 2.75) is 43.3 Å². The van der Waals surface area contributed by atoms with Gasteiger partial charge in [-0.3, -0.25) is 23.6 Å². The molecule has 0 radical (unpaired) electrons. The monoisotopic (exact) mass is 628 g/mol. The zero-order chi connectivity index (χ0) is 30.7. The van der Waals surface area contributed by atoms with Crippen LogP contribution in [0.2, 0.25) is 5.02 Å². The number of hydrogen-bond donors (Lipinski definition) is 0. The number of carbonyl (C=O) groups is 3. The van der Waals surface area contributed by atoms with E-state index in [9.17, 15) is 31.8 Å². The molecule has 0 aliphatic carbocycles. The van der Waals surface area contributed by atoms with Gasteiger partial charge in [-0.2, -0.15) is 0 Å². The lowest BCUT2D eigenvalue weighted by molar-refractivity contribution is -0.162. The molecule has 1 aromatic carbocycles. The van der Waals surface area contributed by atoms with Crippen molar-refractivity contribution in [1.82, 2.24) is 20.0 Å². The highest BCUT2D eigenvalue weighted by Crippen LogP contribution is 2.36. The first kappa shape index (κ1) is 30.8. The molecule has 4 rings (SSSR count). The summed E-state index contributed by atoms with van der Waals surface area (Å²) in [7, 11) is -2.21. The van der Waals surface area contributed by atoms with E-state index in [1.54, 1.807) is 0 Å². The van der Waals surface area contributed by atoms with Crippen LogP contribution in [-0.4, -0.2) is 66.3 Å². The number of pyridine rings is 1. The maximum Gasteiger partial charge on any atom is 0.307 e. The van der Waals surface area contributed by atoms with Crippen molar-refractivity contribution in [1.29, 1.82) is 0 Å². The third-order valence-corrected chi connectivity index (χ3v) is 7.10. The Morgan fingerprint density at radius 1 is 1.05 bits per heavy atom. The van der Waals surface area contributed by atoms with Gasteiger partial charge < -0.3 is 18.9 Å². The van der Waals surface area contributed by atoms with Gasteiger partial charge in [0.25, 0.3) is 0 Å².